The molecular weight excluding hydrogens is 224 g/mol. The molecule has 0 saturated heterocycles. The number of nitro groups is 1. The molecule has 0 aliphatic rings. The van der Waals surface area contributed by atoms with Crippen LogP contribution in [0.5, 0.6) is 0 Å². The monoisotopic (exact) mass is 234 g/mol. The average Bonchev–Trinajstić information content (AvgIpc) is 2.47. The molecule has 0 aromatic carbocycles. The van der Waals surface area contributed by atoms with Gasteiger partial charge in [-0.05, 0) is 12.0 Å². The Morgan fingerprint density at radius 1 is 1.87 bits per heavy atom. The summed E-state index contributed by atoms with van der Waals surface area (Å²) in [4.78, 5) is 9.75. The Kier molecular flexibility index (Phi) is 4.01. The van der Waals surface area contributed by atoms with Crippen molar-refractivity contribution in [2.45, 2.75) is 12.6 Å². The molecule has 1 heterocycles. The summed E-state index contributed by atoms with van der Waals surface area (Å²) in [5.41, 5.74) is 0. The van der Waals surface area contributed by atoms with Crippen molar-refractivity contribution in [1.29, 1.82) is 0 Å². The highest BCUT2D eigenvalue weighted by Crippen LogP contribution is 2.21. The first-order valence-corrected chi connectivity index (χ1v) is 4.62. The minimum Gasteiger partial charge on any atom is -0.390 e. The number of rotatable bonds is 5. The molecule has 1 unspecified atom stereocenters. The highest BCUT2D eigenvalue weighted by molar-refractivity contribution is 6.32. The summed E-state index contributed by atoms with van der Waals surface area (Å²) >= 11 is 5.58. The molecule has 15 heavy (non-hydrogen) atoms. The van der Waals surface area contributed by atoms with Crippen LogP contribution in [-0.2, 0) is 6.54 Å². The third kappa shape index (κ3) is 3.15. The van der Waals surface area contributed by atoms with Crippen LogP contribution in [0.2, 0.25) is 5.02 Å². The second-order valence-electron chi connectivity index (χ2n) is 2.99. The van der Waals surface area contributed by atoms with Gasteiger partial charge in [0.25, 0.3) is 0 Å². The summed E-state index contributed by atoms with van der Waals surface area (Å²) in [5.74, 6) is -0.395. The summed E-state index contributed by atoms with van der Waals surface area (Å²) in [5, 5.41) is 26.2. The zero-order valence-electron chi connectivity index (χ0n) is 8.05. The lowest BCUT2D eigenvalue weighted by Gasteiger charge is -2.06. The highest BCUT2D eigenvalue weighted by Gasteiger charge is 2.20. The third-order valence-electron chi connectivity index (χ3n) is 1.71. The van der Waals surface area contributed by atoms with Crippen LogP contribution in [0.3, 0.4) is 0 Å². The van der Waals surface area contributed by atoms with E-state index in [2.05, 4.69) is 10.4 Å². The molecule has 1 rings (SSSR count). The smallest absolute Gasteiger partial charge is 0.390 e. The van der Waals surface area contributed by atoms with Crippen molar-refractivity contribution in [2.75, 3.05) is 13.6 Å². The molecule has 0 saturated carbocycles. The van der Waals surface area contributed by atoms with Gasteiger partial charge in [-0.25, -0.2) is 0 Å². The summed E-state index contributed by atoms with van der Waals surface area (Å²) in [6.07, 6.45) is 0.657. The zero-order valence-corrected chi connectivity index (χ0v) is 8.81. The quantitative estimate of drug-likeness (QED) is 0.554. The maximum absolute atomic E-state index is 10.4. The van der Waals surface area contributed by atoms with Gasteiger partial charge in [0.15, 0.2) is 5.02 Å². The van der Waals surface area contributed by atoms with Crippen LogP contribution < -0.4 is 5.32 Å². The maximum atomic E-state index is 10.4. The van der Waals surface area contributed by atoms with Crippen molar-refractivity contribution >= 4 is 17.4 Å². The Morgan fingerprint density at radius 3 is 3.00 bits per heavy atom. The maximum Gasteiger partial charge on any atom is 0.408 e. The second-order valence-corrected chi connectivity index (χ2v) is 3.40. The highest BCUT2D eigenvalue weighted by atomic mass is 35.5. The van der Waals surface area contributed by atoms with Crippen LogP contribution in [0.15, 0.2) is 6.20 Å². The molecule has 0 fully saturated rings. The van der Waals surface area contributed by atoms with Gasteiger partial charge in [-0.3, -0.25) is 0 Å². The zero-order chi connectivity index (χ0) is 11.4. The van der Waals surface area contributed by atoms with Gasteiger partial charge in [-0.15, -0.1) is 0 Å². The molecule has 2 N–H and O–H groups in total. The number of nitrogens with zero attached hydrogens (tertiary/aromatic N) is 3. The number of hydrogen-bond donors (Lipinski definition) is 2. The molecule has 0 aliphatic heterocycles. The van der Waals surface area contributed by atoms with E-state index in [0.29, 0.717) is 6.54 Å². The molecule has 1 aromatic heterocycles. The van der Waals surface area contributed by atoms with E-state index in [0.717, 1.165) is 0 Å². The normalized spacial score (nSPS) is 12.7. The Bertz CT molecular complexity index is 354. The second kappa shape index (κ2) is 5.06. The third-order valence-corrected chi connectivity index (χ3v) is 1.98. The molecule has 0 spiro atoms. The number of hydrogen-bond acceptors (Lipinski definition) is 5. The first-order valence-electron chi connectivity index (χ1n) is 4.24. The SMILES string of the molecule is CNCC(O)Cn1cc(Cl)c([N+](=O)[O-])n1. The van der Waals surface area contributed by atoms with Crippen LogP contribution in [0.4, 0.5) is 5.82 Å². The largest absolute Gasteiger partial charge is 0.408 e. The fraction of sp³-hybridized carbons (Fsp3) is 0.571. The lowest BCUT2D eigenvalue weighted by molar-refractivity contribution is -0.389. The first kappa shape index (κ1) is 11.9. The number of aromatic nitrogens is 2. The summed E-state index contributed by atoms with van der Waals surface area (Å²) in [7, 11) is 1.70. The average molecular weight is 235 g/mol. The van der Waals surface area contributed by atoms with Crippen molar-refractivity contribution in [3.63, 3.8) is 0 Å². The van der Waals surface area contributed by atoms with Gasteiger partial charge in [0.1, 0.15) is 0 Å². The molecular formula is C7H11ClN4O3. The van der Waals surface area contributed by atoms with E-state index >= 15 is 0 Å². The van der Waals surface area contributed by atoms with E-state index in [-0.39, 0.29) is 11.6 Å². The molecule has 0 bridgehead atoms. The fourth-order valence-electron chi connectivity index (χ4n) is 1.12. The van der Waals surface area contributed by atoms with Gasteiger partial charge < -0.3 is 20.5 Å². The predicted octanol–water partition coefficient (Wildman–Crippen LogP) is 0.0250. The topological polar surface area (TPSA) is 93.2 Å². The fourth-order valence-corrected chi connectivity index (χ4v) is 1.34. The van der Waals surface area contributed by atoms with Crippen molar-refractivity contribution in [1.82, 2.24) is 15.1 Å². The van der Waals surface area contributed by atoms with E-state index in [1.165, 1.54) is 10.9 Å². The van der Waals surface area contributed by atoms with Gasteiger partial charge in [0.2, 0.25) is 0 Å². The molecule has 84 valence electrons. The van der Waals surface area contributed by atoms with Crippen LogP contribution in [-0.4, -0.2) is 39.5 Å². The number of likely N-dealkylation sites (N-methyl/N-ethyl adjacent to an activating group) is 1. The van der Waals surface area contributed by atoms with Gasteiger partial charge in [0, 0.05) is 6.54 Å². The minimum atomic E-state index is -0.663. The van der Waals surface area contributed by atoms with Gasteiger partial charge in [0.05, 0.1) is 23.9 Å². The van der Waals surface area contributed by atoms with Crippen LogP contribution >= 0.6 is 11.6 Å². The van der Waals surface area contributed by atoms with E-state index in [1.807, 2.05) is 0 Å². The summed E-state index contributed by atoms with van der Waals surface area (Å²) < 4.78 is 1.25. The number of halogens is 1. The van der Waals surface area contributed by atoms with Crippen LogP contribution in [0.1, 0.15) is 0 Å². The van der Waals surface area contributed by atoms with E-state index in [1.54, 1.807) is 7.05 Å². The summed E-state index contributed by atoms with van der Waals surface area (Å²) in [6.45, 7) is 0.541. The van der Waals surface area contributed by atoms with Crippen molar-refractivity contribution < 1.29 is 10.0 Å². The van der Waals surface area contributed by atoms with E-state index in [9.17, 15) is 15.2 Å². The minimum absolute atomic E-state index is 0.0309. The summed E-state index contributed by atoms with van der Waals surface area (Å²) in [6, 6.07) is 0. The molecule has 0 radical (unpaired) electrons. The first-order chi connectivity index (χ1) is 7.04. The van der Waals surface area contributed by atoms with Gasteiger partial charge in [-0.2, -0.15) is 4.68 Å². The Balaban J connectivity index is 2.71. The van der Waals surface area contributed by atoms with Crippen LogP contribution in [0.25, 0.3) is 0 Å². The predicted molar refractivity (Wildman–Crippen MR) is 53.8 cm³/mol. The Labute approximate surface area is 90.8 Å². The van der Waals surface area contributed by atoms with Crippen molar-refractivity contribution in [3.05, 3.63) is 21.3 Å². The molecule has 0 aliphatic carbocycles. The van der Waals surface area contributed by atoms with Gasteiger partial charge >= 0.3 is 5.82 Å². The Morgan fingerprint density at radius 2 is 2.53 bits per heavy atom. The lowest BCUT2D eigenvalue weighted by Crippen LogP contribution is -2.28. The van der Waals surface area contributed by atoms with E-state index in [4.69, 9.17) is 11.6 Å². The van der Waals surface area contributed by atoms with Crippen molar-refractivity contribution in [2.24, 2.45) is 0 Å². The number of aliphatic hydroxyl groups is 1. The molecule has 0 amide bonds. The number of aliphatic hydroxyl groups excluding tert-OH is 1. The van der Waals surface area contributed by atoms with Gasteiger partial charge in [-0.1, -0.05) is 11.6 Å². The number of nitrogens with one attached hydrogen (secondary N) is 1. The van der Waals surface area contributed by atoms with E-state index < -0.39 is 16.8 Å². The molecule has 7 nitrogen and oxygen atoms in total. The molecule has 1 aromatic rings. The Hall–Kier alpha value is -1.18. The van der Waals surface area contributed by atoms with Crippen LogP contribution in [0, 0.1) is 10.1 Å². The molecule has 1 atom stereocenters. The lowest BCUT2D eigenvalue weighted by atomic mass is 10.3. The standard InChI is InChI=1S/C7H11ClN4O3/c1-9-2-5(13)3-11-4-6(8)7(10-11)12(14)15/h4-5,9,13H,2-3H2,1H3. The van der Waals surface area contributed by atoms with Crippen molar-refractivity contribution in [3.8, 4) is 0 Å². The molecule has 8 heteroatoms.